The molecule has 0 aromatic rings. The first-order valence-electron chi connectivity index (χ1n) is 6.70. The van der Waals surface area contributed by atoms with Crippen molar-refractivity contribution in [1.82, 2.24) is 4.90 Å². The highest BCUT2D eigenvalue weighted by atomic mass is 16.3. The molecule has 16 heavy (non-hydrogen) atoms. The van der Waals surface area contributed by atoms with E-state index in [1.165, 1.54) is 32.4 Å². The van der Waals surface area contributed by atoms with Crippen LogP contribution < -0.4 is 0 Å². The van der Waals surface area contributed by atoms with Crippen LogP contribution in [0.3, 0.4) is 0 Å². The molecule has 0 bridgehead atoms. The highest BCUT2D eigenvalue weighted by Gasteiger charge is 2.28. The molecular formula is C14H25NO. The Morgan fingerprint density at radius 1 is 1.44 bits per heavy atom. The van der Waals surface area contributed by atoms with Crippen molar-refractivity contribution < 1.29 is 5.11 Å². The van der Waals surface area contributed by atoms with E-state index in [1.54, 1.807) is 5.57 Å². The Balaban J connectivity index is 1.89. The Labute approximate surface area is 99.3 Å². The third-order valence-electron chi connectivity index (χ3n) is 4.44. The van der Waals surface area contributed by atoms with Gasteiger partial charge in [0.1, 0.15) is 0 Å². The van der Waals surface area contributed by atoms with Gasteiger partial charge < -0.3 is 10.0 Å². The molecule has 1 heterocycles. The smallest absolute Gasteiger partial charge is 0.0471 e. The van der Waals surface area contributed by atoms with Gasteiger partial charge in [-0.25, -0.2) is 0 Å². The van der Waals surface area contributed by atoms with Crippen LogP contribution in [-0.4, -0.2) is 36.2 Å². The van der Waals surface area contributed by atoms with Crippen molar-refractivity contribution in [3.63, 3.8) is 0 Å². The van der Waals surface area contributed by atoms with Gasteiger partial charge in [0.15, 0.2) is 0 Å². The van der Waals surface area contributed by atoms with Gasteiger partial charge in [0.25, 0.3) is 0 Å². The molecule has 0 amide bonds. The maximum Gasteiger partial charge on any atom is 0.0471 e. The van der Waals surface area contributed by atoms with Gasteiger partial charge in [-0.3, -0.25) is 0 Å². The van der Waals surface area contributed by atoms with E-state index in [0.29, 0.717) is 12.5 Å². The topological polar surface area (TPSA) is 23.5 Å². The molecule has 3 atom stereocenters. The maximum absolute atomic E-state index is 9.16. The summed E-state index contributed by atoms with van der Waals surface area (Å²) in [7, 11) is 0. The van der Waals surface area contributed by atoms with E-state index < -0.39 is 0 Å². The third kappa shape index (κ3) is 2.67. The molecule has 1 saturated heterocycles. The first-order chi connectivity index (χ1) is 7.70. The lowest BCUT2D eigenvalue weighted by molar-refractivity contribution is 0.203. The number of aliphatic hydroxyl groups excluding tert-OH is 1. The van der Waals surface area contributed by atoms with Crippen LogP contribution in [0.2, 0.25) is 0 Å². The SMILES string of the molecule is CC1=CCC[C@H](C)[C@@H]1CN1CC[C@@H](CO)C1. The normalized spacial score (nSPS) is 36.4. The summed E-state index contributed by atoms with van der Waals surface area (Å²) in [6, 6.07) is 0. The van der Waals surface area contributed by atoms with Crippen molar-refractivity contribution in [2.75, 3.05) is 26.2 Å². The largest absolute Gasteiger partial charge is 0.396 e. The first-order valence-corrected chi connectivity index (χ1v) is 6.70. The fraction of sp³-hybridized carbons (Fsp3) is 0.857. The molecule has 1 N–H and O–H groups in total. The van der Waals surface area contributed by atoms with Crippen molar-refractivity contribution in [3.05, 3.63) is 11.6 Å². The van der Waals surface area contributed by atoms with E-state index in [-0.39, 0.29) is 0 Å². The Morgan fingerprint density at radius 3 is 2.88 bits per heavy atom. The van der Waals surface area contributed by atoms with Crippen LogP contribution in [0.4, 0.5) is 0 Å². The molecule has 92 valence electrons. The van der Waals surface area contributed by atoms with Crippen molar-refractivity contribution in [2.45, 2.75) is 33.1 Å². The zero-order valence-electron chi connectivity index (χ0n) is 10.7. The van der Waals surface area contributed by atoms with Crippen LogP contribution in [0.1, 0.15) is 33.1 Å². The number of aliphatic hydroxyl groups is 1. The van der Waals surface area contributed by atoms with Crippen molar-refractivity contribution in [1.29, 1.82) is 0 Å². The highest BCUT2D eigenvalue weighted by Crippen LogP contribution is 2.31. The molecule has 0 aromatic heterocycles. The monoisotopic (exact) mass is 223 g/mol. The quantitative estimate of drug-likeness (QED) is 0.742. The summed E-state index contributed by atoms with van der Waals surface area (Å²) in [5, 5.41) is 9.16. The number of hydrogen-bond donors (Lipinski definition) is 1. The third-order valence-corrected chi connectivity index (χ3v) is 4.44. The van der Waals surface area contributed by atoms with E-state index >= 15 is 0 Å². The predicted octanol–water partition coefficient (Wildman–Crippen LogP) is 2.29. The first kappa shape index (κ1) is 12.1. The van der Waals surface area contributed by atoms with E-state index in [2.05, 4.69) is 24.8 Å². The van der Waals surface area contributed by atoms with Crippen LogP contribution in [0.5, 0.6) is 0 Å². The van der Waals surface area contributed by atoms with Gasteiger partial charge in [-0.15, -0.1) is 0 Å². The molecule has 0 spiro atoms. The summed E-state index contributed by atoms with van der Waals surface area (Å²) in [5.74, 6) is 2.12. The Bertz CT molecular complexity index is 261. The second-order valence-electron chi connectivity index (χ2n) is 5.71. The lowest BCUT2D eigenvalue weighted by Crippen LogP contribution is -2.32. The van der Waals surface area contributed by atoms with Gasteiger partial charge >= 0.3 is 0 Å². The van der Waals surface area contributed by atoms with Crippen LogP contribution in [0.25, 0.3) is 0 Å². The summed E-state index contributed by atoms with van der Waals surface area (Å²) in [6.45, 7) is 8.54. The van der Waals surface area contributed by atoms with Crippen molar-refractivity contribution >= 4 is 0 Å². The summed E-state index contributed by atoms with van der Waals surface area (Å²) in [5.41, 5.74) is 1.59. The molecule has 2 rings (SSSR count). The Hall–Kier alpha value is -0.340. The second-order valence-corrected chi connectivity index (χ2v) is 5.71. The molecule has 0 saturated carbocycles. The number of rotatable bonds is 3. The minimum atomic E-state index is 0.367. The van der Waals surface area contributed by atoms with Gasteiger partial charge in [-0.05, 0) is 50.5 Å². The molecule has 2 nitrogen and oxygen atoms in total. The summed E-state index contributed by atoms with van der Waals surface area (Å²) < 4.78 is 0. The summed E-state index contributed by atoms with van der Waals surface area (Å²) in [6.07, 6.45) is 6.21. The Morgan fingerprint density at radius 2 is 2.25 bits per heavy atom. The van der Waals surface area contributed by atoms with E-state index in [0.717, 1.165) is 18.4 Å². The molecule has 1 aliphatic carbocycles. The van der Waals surface area contributed by atoms with Gasteiger partial charge in [0.05, 0.1) is 0 Å². The molecule has 0 aromatic carbocycles. The Kier molecular flexibility index (Phi) is 4.04. The zero-order chi connectivity index (χ0) is 11.5. The fourth-order valence-electron chi connectivity index (χ4n) is 3.21. The van der Waals surface area contributed by atoms with Crippen LogP contribution in [-0.2, 0) is 0 Å². The molecule has 0 unspecified atom stereocenters. The van der Waals surface area contributed by atoms with Crippen LogP contribution in [0, 0.1) is 17.8 Å². The lowest BCUT2D eigenvalue weighted by atomic mass is 9.80. The standard InChI is InChI=1S/C14H25NO/c1-11-4-3-5-12(2)14(11)9-15-7-6-13(8-15)10-16/h4,12-14,16H,3,5-10H2,1-2H3/t12-,13+,14+/m0/s1. The molecule has 1 fully saturated rings. The highest BCUT2D eigenvalue weighted by molar-refractivity contribution is 5.09. The number of allylic oxidation sites excluding steroid dienone is 1. The van der Waals surface area contributed by atoms with Crippen molar-refractivity contribution in [3.8, 4) is 0 Å². The molecule has 2 heteroatoms. The van der Waals surface area contributed by atoms with E-state index in [1.807, 2.05) is 0 Å². The fourth-order valence-corrected chi connectivity index (χ4v) is 3.21. The predicted molar refractivity (Wildman–Crippen MR) is 67.3 cm³/mol. The molecule has 2 aliphatic rings. The van der Waals surface area contributed by atoms with Gasteiger partial charge in [-0.1, -0.05) is 18.6 Å². The van der Waals surface area contributed by atoms with Crippen molar-refractivity contribution in [2.24, 2.45) is 17.8 Å². The van der Waals surface area contributed by atoms with Crippen LogP contribution in [0.15, 0.2) is 11.6 Å². The second kappa shape index (κ2) is 5.33. The van der Waals surface area contributed by atoms with E-state index in [9.17, 15) is 0 Å². The maximum atomic E-state index is 9.16. The van der Waals surface area contributed by atoms with E-state index in [4.69, 9.17) is 5.11 Å². The minimum absolute atomic E-state index is 0.367. The molecule has 0 radical (unpaired) electrons. The lowest BCUT2D eigenvalue weighted by Gasteiger charge is -2.32. The number of nitrogens with zero attached hydrogens (tertiary/aromatic N) is 1. The number of likely N-dealkylation sites (tertiary alicyclic amines) is 1. The number of hydrogen-bond acceptors (Lipinski definition) is 2. The average Bonchev–Trinajstić information content (AvgIpc) is 2.71. The molecular weight excluding hydrogens is 198 g/mol. The molecule has 1 aliphatic heterocycles. The zero-order valence-corrected chi connectivity index (χ0v) is 10.7. The summed E-state index contributed by atoms with van der Waals surface area (Å²) >= 11 is 0. The minimum Gasteiger partial charge on any atom is -0.396 e. The van der Waals surface area contributed by atoms with Crippen LogP contribution >= 0.6 is 0 Å². The summed E-state index contributed by atoms with van der Waals surface area (Å²) in [4.78, 5) is 2.55. The average molecular weight is 223 g/mol. The van der Waals surface area contributed by atoms with Gasteiger partial charge in [0.2, 0.25) is 0 Å². The van der Waals surface area contributed by atoms with Gasteiger partial charge in [0, 0.05) is 19.7 Å². The van der Waals surface area contributed by atoms with Gasteiger partial charge in [-0.2, -0.15) is 0 Å².